The van der Waals surface area contributed by atoms with E-state index in [1.807, 2.05) is 26.0 Å². The van der Waals surface area contributed by atoms with Crippen molar-refractivity contribution in [3.8, 4) is 5.75 Å². The van der Waals surface area contributed by atoms with Crippen molar-refractivity contribution >= 4 is 6.08 Å². The minimum absolute atomic E-state index is 0.0706. The Kier molecular flexibility index (Phi) is 3.46. The van der Waals surface area contributed by atoms with Gasteiger partial charge in [0.25, 0.3) is 0 Å². The predicted octanol–water partition coefficient (Wildman–Crippen LogP) is 2.48. The third-order valence-corrected chi connectivity index (χ3v) is 1.78. The van der Waals surface area contributed by atoms with E-state index in [-0.39, 0.29) is 5.43 Å². The molecule has 0 unspecified atom stereocenters. The lowest BCUT2D eigenvalue weighted by Gasteiger charge is -1.94. The maximum absolute atomic E-state index is 11.8. The highest BCUT2D eigenvalue weighted by Gasteiger charge is 1.99. The molecule has 0 aliphatic carbocycles. The minimum Gasteiger partial charge on any atom is -0.493 e. The Morgan fingerprint density at radius 1 is 1.29 bits per heavy atom. The summed E-state index contributed by atoms with van der Waals surface area (Å²) in [5, 5.41) is 0. The Labute approximate surface area is 83.9 Å². The van der Waals surface area contributed by atoms with Crippen molar-refractivity contribution in [2.24, 2.45) is 0 Å². The molecule has 74 valence electrons. The van der Waals surface area contributed by atoms with Gasteiger partial charge in [-0.05, 0) is 19.9 Å². The quantitative estimate of drug-likeness (QED) is 0.716. The summed E-state index contributed by atoms with van der Waals surface area (Å²) in [7, 11) is 1.50. The molecule has 2 nitrogen and oxygen atoms in total. The lowest BCUT2D eigenvalue weighted by Crippen LogP contribution is -2.05. The molecule has 14 heavy (non-hydrogen) atoms. The van der Waals surface area contributed by atoms with Gasteiger partial charge in [0.2, 0.25) is 5.43 Å². The molecule has 2 heteroatoms. The maximum Gasteiger partial charge on any atom is 0.227 e. The Morgan fingerprint density at radius 2 is 1.93 bits per heavy atom. The van der Waals surface area contributed by atoms with E-state index in [9.17, 15) is 4.79 Å². The van der Waals surface area contributed by atoms with E-state index in [4.69, 9.17) is 4.74 Å². The highest BCUT2D eigenvalue weighted by molar-refractivity contribution is 5.53. The van der Waals surface area contributed by atoms with Gasteiger partial charge < -0.3 is 4.74 Å². The zero-order valence-electron chi connectivity index (χ0n) is 8.70. The molecule has 0 atom stereocenters. The highest BCUT2D eigenvalue weighted by Crippen LogP contribution is 2.06. The standard InChI is InChI=1S/C12H14O2/c1-9(2)8-10-6-4-5-7-11(14-3)12(10)13/h4-8H,1-3H3. The van der Waals surface area contributed by atoms with Crippen LogP contribution in [0.2, 0.25) is 0 Å². The smallest absolute Gasteiger partial charge is 0.227 e. The molecule has 0 aromatic heterocycles. The SMILES string of the molecule is COc1ccccc(C=C(C)C)c1=O. The number of ether oxygens (including phenoxy) is 1. The van der Waals surface area contributed by atoms with Crippen molar-refractivity contribution in [1.82, 2.24) is 0 Å². The van der Waals surface area contributed by atoms with E-state index >= 15 is 0 Å². The second-order valence-electron chi connectivity index (χ2n) is 3.29. The third kappa shape index (κ3) is 2.46. The average Bonchev–Trinajstić information content (AvgIpc) is 2.29. The first-order valence-corrected chi connectivity index (χ1v) is 4.47. The van der Waals surface area contributed by atoms with Crippen LogP contribution in [0.25, 0.3) is 6.08 Å². The number of hydrogen-bond acceptors (Lipinski definition) is 2. The van der Waals surface area contributed by atoms with Crippen molar-refractivity contribution in [3.05, 3.63) is 45.6 Å². The first kappa shape index (κ1) is 10.5. The maximum atomic E-state index is 11.8. The van der Waals surface area contributed by atoms with Gasteiger partial charge >= 0.3 is 0 Å². The Hall–Kier alpha value is -1.57. The number of methoxy groups -OCH3 is 1. The summed E-state index contributed by atoms with van der Waals surface area (Å²) in [6.45, 7) is 3.91. The molecule has 0 bridgehead atoms. The monoisotopic (exact) mass is 190 g/mol. The van der Waals surface area contributed by atoms with Crippen LogP contribution in [-0.4, -0.2) is 7.11 Å². The molecule has 0 saturated heterocycles. The van der Waals surface area contributed by atoms with Gasteiger partial charge in [-0.15, -0.1) is 0 Å². The molecule has 1 aromatic rings. The fourth-order valence-corrected chi connectivity index (χ4v) is 1.18. The van der Waals surface area contributed by atoms with Crippen LogP contribution in [0.3, 0.4) is 0 Å². The van der Waals surface area contributed by atoms with E-state index < -0.39 is 0 Å². The first-order valence-electron chi connectivity index (χ1n) is 4.47. The summed E-state index contributed by atoms with van der Waals surface area (Å²) in [5.41, 5.74) is 1.68. The molecule has 0 aliphatic heterocycles. The molecular weight excluding hydrogens is 176 g/mol. The molecule has 1 rings (SSSR count). The van der Waals surface area contributed by atoms with Crippen LogP contribution in [0.4, 0.5) is 0 Å². The molecule has 0 saturated carbocycles. The van der Waals surface area contributed by atoms with Crippen molar-refractivity contribution in [2.45, 2.75) is 13.8 Å². The van der Waals surface area contributed by atoms with E-state index in [2.05, 4.69) is 0 Å². The van der Waals surface area contributed by atoms with Gasteiger partial charge in [-0.2, -0.15) is 0 Å². The predicted molar refractivity (Wildman–Crippen MR) is 58.6 cm³/mol. The minimum atomic E-state index is -0.0706. The summed E-state index contributed by atoms with van der Waals surface area (Å²) >= 11 is 0. The Bertz CT molecular complexity index is 401. The summed E-state index contributed by atoms with van der Waals surface area (Å²) in [5.74, 6) is 0.377. The van der Waals surface area contributed by atoms with Gasteiger partial charge in [-0.25, -0.2) is 0 Å². The van der Waals surface area contributed by atoms with Gasteiger partial charge in [0.1, 0.15) is 0 Å². The van der Waals surface area contributed by atoms with E-state index in [1.54, 1.807) is 18.2 Å². The molecule has 1 aromatic carbocycles. The molecule has 0 heterocycles. The van der Waals surface area contributed by atoms with Crippen LogP contribution >= 0.6 is 0 Å². The van der Waals surface area contributed by atoms with Crippen molar-refractivity contribution in [1.29, 1.82) is 0 Å². The topological polar surface area (TPSA) is 26.3 Å². The summed E-state index contributed by atoms with van der Waals surface area (Å²) in [6.07, 6.45) is 1.85. The molecular formula is C12H14O2. The second kappa shape index (κ2) is 4.61. The van der Waals surface area contributed by atoms with Gasteiger partial charge in [0.15, 0.2) is 5.75 Å². The zero-order chi connectivity index (χ0) is 10.6. The molecule has 0 radical (unpaired) electrons. The van der Waals surface area contributed by atoms with Crippen LogP contribution in [0.1, 0.15) is 19.4 Å². The van der Waals surface area contributed by atoms with E-state index in [0.29, 0.717) is 11.3 Å². The summed E-state index contributed by atoms with van der Waals surface area (Å²) < 4.78 is 4.99. The van der Waals surface area contributed by atoms with Gasteiger partial charge in [-0.3, -0.25) is 4.79 Å². The van der Waals surface area contributed by atoms with Crippen LogP contribution in [-0.2, 0) is 0 Å². The zero-order valence-corrected chi connectivity index (χ0v) is 8.70. The van der Waals surface area contributed by atoms with Crippen molar-refractivity contribution in [2.75, 3.05) is 7.11 Å². The molecule has 0 spiro atoms. The van der Waals surface area contributed by atoms with Crippen LogP contribution in [0.15, 0.2) is 34.6 Å². The van der Waals surface area contributed by atoms with Gasteiger partial charge in [-0.1, -0.05) is 29.8 Å². The Balaban J connectivity index is 3.40. The molecule has 0 fully saturated rings. The third-order valence-electron chi connectivity index (χ3n) is 1.78. The van der Waals surface area contributed by atoms with Crippen LogP contribution in [0, 0.1) is 0 Å². The lowest BCUT2D eigenvalue weighted by molar-refractivity contribution is 0.411. The lowest BCUT2D eigenvalue weighted by atomic mass is 10.2. The van der Waals surface area contributed by atoms with E-state index in [0.717, 1.165) is 5.57 Å². The van der Waals surface area contributed by atoms with Crippen molar-refractivity contribution in [3.63, 3.8) is 0 Å². The molecule has 0 amide bonds. The Morgan fingerprint density at radius 3 is 2.50 bits per heavy atom. The second-order valence-corrected chi connectivity index (χ2v) is 3.29. The fraction of sp³-hybridized carbons (Fsp3) is 0.250. The number of hydrogen-bond donors (Lipinski definition) is 0. The van der Waals surface area contributed by atoms with Crippen LogP contribution < -0.4 is 10.2 Å². The average molecular weight is 190 g/mol. The number of rotatable bonds is 2. The molecule has 0 N–H and O–H groups in total. The number of allylic oxidation sites excluding steroid dienone is 1. The van der Waals surface area contributed by atoms with Crippen LogP contribution in [0.5, 0.6) is 5.75 Å². The molecule has 0 aliphatic rings. The van der Waals surface area contributed by atoms with Crippen molar-refractivity contribution < 1.29 is 4.74 Å². The summed E-state index contributed by atoms with van der Waals surface area (Å²) in [4.78, 5) is 11.8. The van der Waals surface area contributed by atoms with Gasteiger partial charge in [0.05, 0.1) is 7.11 Å². The normalized spacial score (nSPS) is 9.36. The highest BCUT2D eigenvalue weighted by atomic mass is 16.5. The van der Waals surface area contributed by atoms with E-state index in [1.165, 1.54) is 7.11 Å². The fourth-order valence-electron chi connectivity index (χ4n) is 1.18. The van der Waals surface area contributed by atoms with Gasteiger partial charge in [0, 0.05) is 5.56 Å². The summed E-state index contributed by atoms with van der Waals surface area (Å²) in [6, 6.07) is 7.09. The first-order chi connectivity index (χ1) is 6.65. The largest absolute Gasteiger partial charge is 0.493 e.